The van der Waals surface area contributed by atoms with E-state index in [1.54, 1.807) is 0 Å². The van der Waals surface area contributed by atoms with E-state index in [0.29, 0.717) is 0 Å². The van der Waals surface area contributed by atoms with Crippen molar-refractivity contribution in [1.82, 2.24) is 5.32 Å². The van der Waals surface area contributed by atoms with Gasteiger partial charge in [-0.2, -0.15) is 13.2 Å². The van der Waals surface area contributed by atoms with Gasteiger partial charge in [0, 0.05) is 27.6 Å². The lowest BCUT2D eigenvalue weighted by molar-refractivity contribution is -0.275. The molecule has 2 aromatic rings. The Morgan fingerprint density at radius 3 is 2.48 bits per heavy atom. The molecular formula is C19H13Cl3F3N3O3. The maximum atomic E-state index is 14.1. The lowest BCUT2D eigenvalue weighted by atomic mass is 9.86. The number of benzene rings is 2. The van der Waals surface area contributed by atoms with E-state index in [1.807, 2.05) is 0 Å². The molecular weight excluding hydrogens is 482 g/mol. The van der Waals surface area contributed by atoms with Crippen LogP contribution in [0, 0.1) is 0 Å². The number of rotatable bonds is 5. The molecule has 1 aliphatic rings. The number of carbonyl (C=O) groups excluding carboxylic acids is 1. The molecule has 1 amide bonds. The topological polar surface area (TPSA) is 72.3 Å². The summed E-state index contributed by atoms with van der Waals surface area (Å²) in [5, 5.41) is 9.40. The molecule has 164 valence electrons. The Morgan fingerprint density at radius 1 is 1.23 bits per heavy atom. The van der Waals surface area contributed by atoms with Crippen molar-refractivity contribution >= 4 is 52.8 Å². The summed E-state index contributed by atoms with van der Waals surface area (Å²) in [6.45, 7) is 0. The van der Waals surface area contributed by atoms with Crippen LogP contribution >= 0.6 is 34.8 Å². The number of hydrogen-bond acceptors (Lipinski definition) is 5. The largest absolute Gasteiger partial charge is 0.435 e. The lowest BCUT2D eigenvalue weighted by Crippen LogP contribution is -2.42. The van der Waals surface area contributed by atoms with Gasteiger partial charge in [0.05, 0.1) is 16.3 Å². The molecule has 1 aliphatic heterocycles. The van der Waals surface area contributed by atoms with Gasteiger partial charge in [0.25, 0.3) is 11.5 Å². The summed E-state index contributed by atoms with van der Waals surface area (Å²) in [7, 11) is 1.30. The molecule has 0 radical (unpaired) electrons. The monoisotopic (exact) mass is 493 g/mol. The quantitative estimate of drug-likeness (QED) is 0.337. The van der Waals surface area contributed by atoms with Gasteiger partial charge in [0.1, 0.15) is 13.4 Å². The van der Waals surface area contributed by atoms with E-state index >= 15 is 0 Å². The zero-order valence-electron chi connectivity index (χ0n) is 15.6. The summed E-state index contributed by atoms with van der Waals surface area (Å²) < 4.78 is 42.2. The first-order valence-electron chi connectivity index (χ1n) is 8.51. The van der Waals surface area contributed by atoms with Crippen LogP contribution in [0.1, 0.15) is 27.9 Å². The Hall–Kier alpha value is -2.49. The van der Waals surface area contributed by atoms with Crippen LogP contribution in [0.25, 0.3) is 0 Å². The summed E-state index contributed by atoms with van der Waals surface area (Å²) >= 11 is 17.9. The van der Waals surface area contributed by atoms with Crippen LogP contribution in [0.15, 0.2) is 46.7 Å². The van der Waals surface area contributed by atoms with Crippen molar-refractivity contribution in [2.45, 2.75) is 18.2 Å². The maximum Gasteiger partial charge on any atom is 0.435 e. The van der Waals surface area contributed by atoms with Crippen LogP contribution in [-0.4, -0.2) is 31.2 Å². The highest BCUT2D eigenvalue weighted by molar-refractivity contribution is 6.35. The van der Waals surface area contributed by atoms with E-state index in [0.717, 1.165) is 18.5 Å². The van der Waals surface area contributed by atoms with Crippen molar-refractivity contribution in [2.24, 2.45) is 10.3 Å². The van der Waals surface area contributed by atoms with Crippen LogP contribution in [0.4, 0.5) is 13.2 Å². The van der Waals surface area contributed by atoms with Crippen LogP contribution in [-0.2, 0) is 15.3 Å². The molecule has 0 aliphatic carbocycles. The Balaban J connectivity index is 1.91. The van der Waals surface area contributed by atoms with Crippen molar-refractivity contribution < 1.29 is 27.6 Å². The Kier molecular flexibility index (Phi) is 6.68. The first kappa shape index (κ1) is 23.2. The van der Waals surface area contributed by atoms with Gasteiger partial charge in [-0.3, -0.25) is 4.79 Å². The predicted octanol–water partition coefficient (Wildman–Crippen LogP) is 5.55. The lowest BCUT2D eigenvalue weighted by Gasteiger charge is -2.29. The van der Waals surface area contributed by atoms with Crippen LogP contribution < -0.4 is 5.32 Å². The minimum atomic E-state index is -4.82. The standard InChI is InChI=1S/C19H13Cl3F3N3O3/c1-30-27-9-26-17(29)14-3-2-10(4-15(14)22)16-8-18(31-28-16,19(23,24)25)11-5-12(20)7-13(21)6-11/h2-7,9H,8H2,1H3,(H,26,27,29). The van der Waals surface area contributed by atoms with Crippen LogP contribution in [0.5, 0.6) is 0 Å². The second-order valence-electron chi connectivity index (χ2n) is 6.37. The zero-order chi connectivity index (χ0) is 22.8. The van der Waals surface area contributed by atoms with Crippen molar-refractivity contribution in [2.75, 3.05) is 7.11 Å². The Morgan fingerprint density at radius 2 is 1.90 bits per heavy atom. The van der Waals surface area contributed by atoms with Gasteiger partial charge in [0.2, 0.25) is 0 Å². The SMILES string of the molecule is CON=CNC(=O)c1ccc(C2=NOC(c3cc(Cl)cc(Cl)c3)(C(F)(F)F)C2)cc1Cl. The van der Waals surface area contributed by atoms with Crippen molar-refractivity contribution in [3.8, 4) is 0 Å². The van der Waals surface area contributed by atoms with Gasteiger partial charge in [-0.05, 0) is 30.3 Å². The average Bonchev–Trinajstić information content (AvgIpc) is 3.14. The maximum absolute atomic E-state index is 14.1. The number of alkyl halides is 3. The van der Waals surface area contributed by atoms with E-state index < -0.39 is 24.1 Å². The molecule has 3 rings (SSSR count). The van der Waals surface area contributed by atoms with E-state index in [4.69, 9.17) is 39.6 Å². The molecule has 0 saturated heterocycles. The smallest absolute Gasteiger partial charge is 0.398 e. The molecule has 0 bridgehead atoms. The number of oxime groups is 2. The first-order chi connectivity index (χ1) is 14.6. The van der Waals surface area contributed by atoms with Gasteiger partial charge in [0.15, 0.2) is 0 Å². The Bertz CT molecular complexity index is 1060. The fourth-order valence-electron chi connectivity index (χ4n) is 2.94. The molecule has 0 saturated carbocycles. The first-order valence-corrected chi connectivity index (χ1v) is 9.65. The molecule has 1 heterocycles. The van der Waals surface area contributed by atoms with Gasteiger partial charge in [-0.15, -0.1) is 0 Å². The third kappa shape index (κ3) is 4.73. The summed E-state index contributed by atoms with van der Waals surface area (Å²) in [5.74, 6) is -0.583. The van der Waals surface area contributed by atoms with Gasteiger partial charge >= 0.3 is 6.18 Å². The highest BCUT2D eigenvalue weighted by atomic mass is 35.5. The van der Waals surface area contributed by atoms with Crippen molar-refractivity contribution in [3.63, 3.8) is 0 Å². The summed E-state index contributed by atoms with van der Waals surface area (Å²) in [6, 6.07) is 7.65. The number of nitrogens with one attached hydrogen (secondary N) is 1. The van der Waals surface area contributed by atoms with Gasteiger partial charge in [-0.1, -0.05) is 51.2 Å². The third-order valence-corrected chi connectivity index (χ3v) is 5.16. The Labute approximate surface area is 189 Å². The number of carbonyl (C=O) groups is 1. The van der Waals surface area contributed by atoms with E-state index in [1.165, 1.54) is 31.4 Å². The molecule has 1 atom stereocenters. The fourth-order valence-corrected chi connectivity index (χ4v) is 3.73. The number of nitrogens with zero attached hydrogens (tertiary/aromatic N) is 2. The van der Waals surface area contributed by atoms with Gasteiger partial charge in [-0.25, -0.2) is 0 Å². The molecule has 0 fully saturated rings. The van der Waals surface area contributed by atoms with Crippen molar-refractivity contribution in [1.29, 1.82) is 0 Å². The molecule has 1 N–H and O–H groups in total. The molecule has 0 spiro atoms. The highest BCUT2D eigenvalue weighted by Crippen LogP contribution is 2.49. The number of hydrogen-bond donors (Lipinski definition) is 1. The number of amides is 1. The predicted molar refractivity (Wildman–Crippen MR) is 111 cm³/mol. The van der Waals surface area contributed by atoms with Gasteiger partial charge < -0.3 is 15.0 Å². The highest BCUT2D eigenvalue weighted by Gasteiger charge is 2.62. The summed E-state index contributed by atoms with van der Waals surface area (Å²) in [5.41, 5.74) is -2.72. The molecule has 2 aromatic carbocycles. The minimum Gasteiger partial charge on any atom is -0.398 e. The second-order valence-corrected chi connectivity index (χ2v) is 7.65. The second kappa shape index (κ2) is 8.94. The average molecular weight is 495 g/mol. The molecule has 1 unspecified atom stereocenters. The third-order valence-electron chi connectivity index (χ3n) is 4.42. The van der Waals surface area contributed by atoms with Crippen LogP contribution in [0.2, 0.25) is 15.1 Å². The zero-order valence-corrected chi connectivity index (χ0v) is 17.9. The van der Waals surface area contributed by atoms with E-state index in [9.17, 15) is 18.0 Å². The summed E-state index contributed by atoms with van der Waals surface area (Å²) in [4.78, 5) is 21.5. The fraction of sp³-hybridized carbons (Fsp3) is 0.211. The summed E-state index contributed by atoms with van der Waals surface area (Å²) in [6.07, 6.45) is -4.44. The van der Waals surface area contributed by atoms with Crippen molar-refractivity contribution in [3.05, 3.63) is 68.2 Å². The van der Waals surface area contributed by atoms with E-state index in [2.05, 4.69) is 20.5 Å². The molecule has 31 heavy (non-hydrogen) atoms. The number of halogens is 6. The van der Waals surface area contributed by atoms with Crippen LogP contribution in [0.3, 0.4) is 0 Å². The normalized spacial score (nSPS) is 18.6. The minimum absolute atomic E-state index is 0.00109. The molecule has 6 nitrogen and oxygen atoms in total. The molecule has 0 aromatic heterocycles. The van der Waals surface area contributed by atoms with E-state index in [-0.39, 0.29) is 37.5 Å². The molecule has 12 heteroatoms.